The molecular weight excluding hydrogens is 392 g/mol. The first-order chi connectivity index (χ1) is 14.8. The summed E-state index contributed by atoms with van der Waals surface area (Å²) in [7, 11) is 3.12. The first-order valence-corrected chi connectivity index (χ1v) is 10.7. The molecule has 1 N–H and O–H groups in total. The highest BCUT2D eigenvalue weighted by atomic mass is 16.5. The molecule has 0 saturated carbocycles. The molecule has 1 saturated heterocycles. The quantitative estimate of drug-likeness (QED) is 0.760. The molecule has 1 aliphatic heterocycles. The van der Waals surface area contributed by atoms with Crippen molar-refractivity contribution in [3.63, 3.8) is 0 Å². The van der Waals surface area contributed by atoms with E-state index in [0.29, 0.717) is 43.0 Å². The highest BCUT2D eigenvalue weighted by molar-refractivity contribution is 5.95. The van der Waals surface area contributed by atoms with Crippen molar-refractivity contribution >= 4 is 11.8 Å². The third-order valence-corrected chi connectivity index (χ3v) is 5.85. The molecule has 6 heteroatoms. The van der Waals surface area contributed by atoms with Crippen LogP contribution in [0.25, 0.3) is 0 Å². The van der Waals surface area contributed by atoms with E-state index < -0.39 is 0 Å². The summed E-state index contributed by atoms with van der Waals surface area (Å²) in [5.74, 6) is 1.06. The van der Waals surface area contributed by atoms with Crippen molar-refractivity contribution in [1.82, 2.24) is 10.2 Å². The van der Waals surface area contributed by atoms with E-state index in [0.717, 1.165) is 5.56 Å². The Hall–Kier alpha value is -3.02. The van der Waals surface area contributed by atoms with Crippen LogP contribution in [0.15, 0.2) is 36.4 Å². The Morgan fingerprint density at radius 2 is 1.48 bits per heavy atom. The van der Waals surface area contributed by atoms with Gasteiger partial charge in [0.1, 0.15) is 11.5 Å². The Morgan fingerprint density at radius 3 is 2.00 bits per heavy atom. The Balaban J connectivity index is 1.58. The molecule has 166 valence electrons. The fourth-order valence-corrected chi connectivity index (χ4v) is 4.13. The van der Waals surface area contributed by atoms with E-state index in [-0.39, 0.29) is 23.8 Å². The Labute approximate surface area is 184 Å². The predicted molar refractivity (Wildman–Crippen MR) is 121 cm³/mol. The predicted octanol–water partition coefficient (Wildman–Crippen LogP) is 4.05. The number of nitrogens with zero attached hydrogens (tertiary/aromatic N) is 1. The largest absolute Gasteiger partial charge is 0.497 e. The van der Waals surface area contributed by atoms with Crippen molar-refractivity contribution in [2.75, 3.05) is 27.3 Å². The molecule has 31 heavy (non-hydrogen) atoms. The highest BCUT2D eigenvalue weighted by Crippen LogP contribution is 2.26. The average molecular weight is 425 g/mol. The molecule has 2 aromatic rings. The SMILES string of the molecule is COc1cc(OC)cc(C(=O)N2CCC(C(=O)NC(C)c3cc(C)cc(C)c3)CC2)c1. The molecule has 0 aromatic heterocycles. The molecular formula is C25H32N2O4. The molecule has 0 aliphatic carbocycles. The summed E-state index contributed by atoms with van der Waals surface area (Å²) in [6, 6.07) is 11.5. The van der Waals surface area contributed by atoms with Crippen molar-refractivity contribution in [1.29, 1.82) is 0 Å². The van der Waals surface area contributed by atoms with Crippen LogP contribution in [0.1, 0.15) is 52.9 Å². The van der Waals surface area contributed by atoms with Crippen LogP contribution in [0.2, 0.25) is 0 Å². The van der Waals surface area contributed by atoms with E-state index in [1.165, 1.54) is 11.1 Å². The van der Waals surface area contributed by atoms with Crippen LogP contribution < -0.4 is 14.8 Å². The minimum atomic E-state index is -0.0859. The minimum absolute atomic E-state index is 0.0463. The first-order valence-electron chi connectivity index (χ1n) is 10.7. The van der Waals surface area contributed by atoms with E-state index in [9.17, 15) is 9.59 Å². The number of amides is 2. The van der Waals surface area contributed by atoms with Crippen molar-refractivity contribution in [3.05, 3.63) is 58.7 Å². The Morgan fingerprint density at radius 1 is 0.935 bits per heavy atom. The van der Waals surface area contributed by atoms with E-state index in [4.69, 9.17) is 9.47 Å². The van der Waals surface area contributed by atoms with Gasteiger partial charge in [0, 0.05) is 30.6 Å². The summed E-state index contributed by atoms with van der Waals surface area (Å²) >= 11 is 0. The van der Waals surface area contributed by atoms with Gasteiger partial charge in [0.2, 0.25) is 5.91 Å². The second-order valence-corrected chi connectivity index (χ2v) is 8.32. The molecule has 1 unspecified atom stereocenters. The van der Waals surface area contributed by atoms with Gasteiger partial charge >= 0.3 is 0 Å². The van der Waals surface area contributed by atoms with Crippen molar-refractivity contribution in [2.45, 2.75) is 39.7 Å². The van der Waals surface area contributed by atoms with Gasteiger partial charge in [-0.1, -0.05) is 29.3 Å². The maximum atomic E-state index is 13.0. The van der Waals surface area contributed by atoms with Gasteiger partial charge < -0.3 is 19.7 Å². The summed E-state index contributed by atoms with van der Waals surface area (Å²) in [6.45, 7) is 7.25. The van der Waals surface area contributed by atoms with Crippen molar-refractivity contribution < 1.29 is 19.1 Å². The van der Waals surface area contributed by atoms with Crippen LogP contribution in [-0.4, -0.2) is 44.0 Å². The summed E-state index contributed by atoms with van der Waals surface area (Å²) in [5, 5.41) is 3.15. The number of carbonyl (C=O) groups is 2. The summed E-state index contributed by atoms with van der Waals surface area (Å²) in [5.41, 5.74) is 4.03. The lowest BCUT2D eigenvalue weighted by Crippen LogP contribution is -2.43. The van der Waals surface area contributed by atoms with Crippen LogP contribution >= 0.6 is 0 Å². The van der Waals surface area contributed by atoms with Crippen LogP contribution in [0.3, 0.4) is 0 Å². The van der Waals surface area contributed by atoms with Crippen molar-refractivity contribution in [3.8, 4) is 11.5 Å². The second kappa shape index (κ2) is 9.86. The minimum Gasteiger partial charge on any atom is -0.497 e. The van der Waals surface area contributed by atoms with E-state index in [1.54, 1.807) is 37.3 Å². The summed E-state index contributed by atoms with van der Waals surface area (Å²) in [6.07, 6.45) is 1.30. The van der Waals surface area contributed by atoms with Gasteiger partial charge in [0.15, 0.2) is 0 Å². The zero-order valence-corrected chi connectivity index (χ0v) is 19.0. The summed E-state index contributed by atoms with van der Waals surface area (Å²) < 4.78 is 10.5. The number of hydrogen-bond donors (Lipinski definition) is 1. The fourth-order valence-electron chi connectivity index (χ4n) is 4.13. The smallest absolute Gasteiger partial charge is 0.254 e. The number of piperidine rings is 1. The Kier molecular flexibility index (Phi) is 7.21. The molecule has 0 spiro atoms. The lowest BCUT2D eigenvalue weighted by Gasteiger charge is -2.32. The third-order valence-electron chi connectivity index (χ3n) is 5.85. The van der Waals surface area contributed by atoms with Gasteiger partial charge in [0.25, 0.3) is 5.91 Å². The van der Waals surface area contributed by atoms with Gasteiger partial charge in [-0.25, -0.2) is 0 Å². The zero-order chi connectivity index (χ0) is 22.5. The molecule has 2 amide bonds. The fraction of sp³-hybridized carbons (Fsp3) is 0.440. The molecule has 2 aromatic carbocycles. The Bertz CT molecular complexity index is 906. The molecule has 1 heterocycles. The number of aryl methyl sites for hydroxylation is 2. The molecule has 3 rings (SSSR count). The molecule has 0 bridgehead atoms. The summed E-state index contributed by atoms with van der Waals surface area (Å²) in [4.78, 5) is 27.6. The standard InChI is InChI=1S/C25H32N2O4/c1-16-10-17(2)12-20(11-16)18(3)26-24(28)19-6-8-27(9-7-19)25(29)21-13-22(30-4)15-23(14-21)31-5/h10-15,18-19H,6-9H2,1-5H3,(H,26,28). The van der Waals surface area contributed by atoms with Crippen LogP contribution in [-0.2, 0) is 4.79 Å². The number of methoxy groups -OCH3 is 2. The van der Waals surface area contributed by atoms with Gasteiger partial charge in [-0.05, 0) is 51.3 Å². The highest BCUT2D eigenvalue weighted by Gasteiger charge is 2.29. The first kappa shape index (κ1) is 22.7. The molecule has 1 fully saturated rings. The van der Waals surface area contributed by atoms with Gasteiger partial charge in [-0.2, -0.15) is 0 Å². The van der Waals surface area contributed by atoms with Gasteiger partial charge in [-0.3, -0.25) is 9.59 Å². The van der Waals surface area contributed by atoms with E-state index in [2.05, 4.69) is 37.4 Å². The number of likely N-dealkylation sites (tertiary alicyclic amines) is 1. The third kappa shape index (κ3) is 5.57. The average Bonchev–Trinajstić information content (AvgIpc) is 2.77. The number of hydrogen-bond acceptors (Lipinski definition) is 4. The van der Waals surface area contributed by atoms with Crippen molar-refractivity contribution in [2.24, 2.45) is 5.92 Å². The van der Waals surface area contributed by atoms with Crippen LogP contribution in [0.5, 0.6) is 11.5 Å². The topological polar surface area (TPSA) is 67.9 Å². The van der Waals surface area contributed by atoms with Gasteiger partial charge in [0.05, 0.1) is 20.3 Å². The number of rotatable bonds is 6. The monoisotopic (exact) mass is 424 g/mol. The second-order valence-electron chi connectivity index (χ2n) is 8.32. The van der Waals surface area contributed by atoms with Gasteiger partial charge in [-0.15, -0.1) is 0 Å². The molecule has 0 radical (unpaired) electrons. The molecule has 6 nitrogen and oxygen atoms in total. The zero-order valence-electron chi connectivity index (χ0n) is 19.0. The molecule has 1 aliphatic rings. The van der Waals surface area contributed by atoms with Crippen LogP contribution in [0, 0.1) is 19.8 Å². The molecule has 1 atom stereocenters. The number of nitrogens with one attached hydrogen (secondary N) is 1. The number of carbonyl (C=O) groups excluding carboxylic acids is 2. The lowest BCUT2D eigenvalue weighted by molar-refractivity contribution is -0.127. The maximum Gasteiger partial charge on any atom is 0.254 e. The number of benzene rings is 2. The maximum absolute atomic E-state index is 13.0. The van der Waals surface area contributed by atoms with E-state index in [1.807, 2.05) is 6.92 Å². The normalized spacial score (nSPS) is 15.3. The number of ether oxygens (including phenoxy) is 2. The van der Waals surface area contributed by atoms with Crippen LogP contribution in [0.4, 0.5) is 0 Å². The lowest BCUT2D eigenvalue weighted by atomic mass is 9.94. The van der Waals surface area contributed by atoms with E-state index >= 15 is 0 Å².